The predicted octanol–water partition coefficient (Wildman–Crippen LogP) is 2.84. The van der Waals surface area contributed by atoms with Crippen molar-refractivity contribution in [2.45, 2.75) is 38.1 Å². The van der Waals surface area contributed by atoms with Crippen LogP contribution in [0.3, 0.4) is 0 Å². The smallest absolute Gasteiger partial charge is 0.262 e. The van der Waals surface area contributed by atoms with Crippen LogP contribution in [-0.2, 0) is 14.8 Å². The fourth-order valence-electron chi connectivity index (χ4n) is 2.94. The number of nitrogens with one attached hydrogen (secondary N) is 3. The fraction of sp³-hybridized carbons (Fsp3) is 0.261. The zero-order chi connectivity index (χ0) is 24.0. The first-order valence-corrected chi connectivity index (χ1v) is 11.9. The van der Waals surface area contributed by atoms with Gasteiger partial charge in [-0.15, -0.1) is 0 Å². The maximum absolute atomic E-state index is 12.3. The van der Waals surface area contributed by atoms with Crippen molar-refractivity contribution in [3.05, 3.63) is 70.6 Å². The van der Waals surface area contributed by atoms with E-state index in [1.807, 2.05) is 6.92 Å². The molecule has 0 radical (unpaired) electrons. The van der Waals surface area contributed by atoms with Crippen molar-refractivity contribution in [1.82, 2.24) is 14.7 Å². The normalized spacial score (nSPS) is 12.2. The molecule has 1 atom stereocenters. The van der Waals surface area contributed by atoms with Crippen molar-refractivity contribution in [1.29, 1.82) is 0 Å². The quantitative estimate of drug-likeness (QED) is 0.441. The van der Waals surface area contributed by atoms with E-state index in [2.05, 4.69) is 20.0 Å². The van der Waals surface area contributed by atoms with Gasteiger partial charge >= 0.3 is 0 Å². The van der Waals surface area contributed by atoms with Gasteiger partial charge in [-0.05, 0) is 56.7 Å². The van der Waals surface area contributed by atoms with Gasteiger partial charge in [0.25, 0.3) is 11.5 Å². The van der Waals surface area contributed by atoms with Crippen molar-refractivity contribution >= 4 is 21.6 Å². The first-order valence-electron chi connectivity index (χ1n) is 10.4. The van der Waals surface area contributed by atoms with Crippen LogP contribution in [0.2, 0.25) is 0 Å². The molecule has 1 aromatic heterocycles. The maximum Gasteiger partial charge on any atom is 0.262 e. The SMILES string of the molecule is CCC(C)NS(=O)(=O)c1ccc(OCC(=O)Nc2cccc(-c3nc(C)cc(=O)[nH]3)c2)cc1. The Morgan fingerprint density at radius 2 is 1.88 bits per heavy atom. The average molecular weight is 471 g/mol. The molecule has 0 fully saturated rings. The zero-order valence-electron chi connectivity index (χ0n) is 18.6. The lowest BCUT2D eigenvalue weighted by Gasteiger charge is -2.12. The summed E-state index contributed by atoms with van der Waals surface area (Å²) in [6.45, 7) is 5.15. The minimum absolute atomic E-state index is 0.124. The third kappa shape index (κ3) is 6.74. The summed E-state index contributed by atoms with van der Waals surface area (Å²) in [5.41, 5.74) is 1.50. The van der Waals surface area contributed by atoms with Crippen LogP contribution in [0.15, 0.2) is 64.3 Å². The van der Waals surface area contributed by atoms with E-state index < -0.39 is 15.9 Å². The van der Waals surface area contributed by atoms with E-state index in [0.29, 0.717) is 34.9 Å². The number of anilines is 1. The van der Waals surface area contributed by atoms with Crippen LogP contribution in [0.5, 0.6) is 5.75 Å². The zero-order valence-corrected chi connectivity index (χ0v) is 19.4. The van der Waals surface area contributed by atoms with E-state index in [-0.39, 0.29) is 23.1 Å². The number of ether oxygens (including phenoxy) is 1. The van der Waals surface area contributed by atoms with Gasteiger partial charge in [0.05, 0.1) is 4.90 Å². The van der Waals surface area contributed by atoms with Crippen LogP contribution >= 0.6 is 0 Å². The predicted molar refractivity (Wildman–Crippen MR) is 126 cm³/mol. The first kappa shape index (κ1) is 24.1. The molecule has 0 spiro atoms. The highest BCUT2D eigenvalue weighted by molar-refractivity contribution is 7.89. The Labute approximate surface area is 192 Å². The van der Waals surface area contributed by atoms with Crippen LogP contribution < -0.4 is 20.3 Å². The summed E-state index contributed by atoms with van der Waals surface area (Å²) in [4.78, 5) is 31.1. The van der Waals surface area contributed by atoms with Crippen LogP contribution in [0.25, 0.3) is 11.4 Å². The van der Waals surface area contributed by atoms with E-state index in [0.717, 1.165) is 0 Å². The Morgan fingerprint density at radius 1 is 1.15 bits per heavy atom. The molecule has 10 heteroatoms. The number of nitrogens with zero attached hydrogens (tertiary/aromatic N) is 1. The Bertz CT molecular complexity index is 1290. The van der Waals surface area contributed by atoms with Crippen molar-refractivity contribution in [3.8, 4) is 17.1 Å². The molecule has 0 aliphatic rings. The van der Waals surface area contributed by atoms with Crippen molar-refractivity contribution in [3.63, 3.8) is 0 Å². The largest absolute Gasteiger partial charge is 0.484 e. The molecular formula is C23H26N4O5S. The van der Waals surface area contributed by atoms with Gasteiger partial charge in [0.2, 0.25) is 10.0 Å². The third-order valence-corrected chi connectivity index (χ3v) is 6.37. The Morgan fingerprint density at radius 3 is 2.55 bits per heavy atom. The number of aromatic nitrogens is 2. The highest BCUT2D eigenvalue weighted by Crippen LogP contribution is 2.19. The van der Waals surface area contributed by atoms with Gasteiger partial charge in [-0.25, -0.2) is 18.1 Å². The first-order chi connectivity index (χ1) is 15.7. The van der Waals surface area contributed by atoms with Gasteiger partial charge in [-0.3, -0.25) is 9.59 Å². The highest BCUT2D eigenvalue weighted by atomic mass is 32.2. The van der Waals surface area contributed by atoms with Crippen molar-refractivity contribution in [2.75, 3.05) is 11.9 Å². The molecule has 0 bridgehead atoms. The van der Waals surface area contributed by atoms with E-state index in [1.54, 1.807) is 38.1 Å². The van der Waals surface area contributed by atoms with Gasteiger partial charge in [0.15, 0.2) is 6.61 Å². The number of hydrogen-bond acceptors (Lipinski definition) is 6. The molecule has 2 aromatic carbocycles. The number of rotatable bonds is 9. The van der Waals surface area contributed by atoms with Gasteiger partial charge in [0, 0.05) is 29.1 Å². The summed E-state index contributed by atoms with van der Waals surface area (Å²) in [5.74, 6) is 0.376. The number of hydrogen-bond donors (Lipinski definition) is 3. The van der Waals surface area contributed by atoms with Crippen molar-refractivity contribution in [2.24, 2.45) is 0 Å². The van der Waals surface area contributed by atoms with Gasteiger partial charge in [-0.2, -0.15) is 0 Å². The minimum Gasteiger partial charge on any atom is -0.484 e. The van der Waals surface area contributed by atoms with Crippen LogP contribution in [0.4, 0.5) is 5.69 Å². The van der Waals surface area contributed by atoms with E-state index >= 15 is 0 Å². The van der Waals surface area contributed by atoms with Gasteiger partial charge in [-0.1, -0.05) is 19.1 Å². The Balaban J connectivity index is 1.60. The summed E-state index contributed by atoms with van der Waals surface area (Å²) in [5, 5.41) is 2.73. The van der Waals surface area contributed by atoms with E-state index in [4.69, 9.17) is 4.74 Å². The monoisotopic (exact) mass is 470 g/mol. The Kier molecular flexibility index (Phi) is 7.62. The molecule has 9 nitrogen and oxygen atoms in total. The number of carbonyl (C=O) groups is 1. The van der Waals surface area contributed by atoms with Gasteiger partial charge < -0.3 is 15.0 Å². The Hall–Kier alpha value is -3.50. The molecule has 0 saturated carbocycles. The van der Waals surface area contributed by atoms with Crippen LogP contribution in [0, 0.1) is 6.92 Å². The third-order valence-electron chi connectivity index (χ3n) is 4.76. The second-order valence-corrected chi connectivity index (χ2v) is 9.27. The summed E-state index contributed by atoms with van der Waals surface area (Å²) in [6, 6.07) is 14.0. The highest BCUT2D eigenvalue weighted by Gasteiger charge is 2.16. The molecular weight excluding hydrogens is 444 g/mol. The lowest BCUT2D eigenvalue weighted by molar-refractivity contribution is -0.118. The molecule has 174 valence electrons. The lowest BCUT2D eigenvalue weighted by Crippen LogP contribution is -2.31. The molecule has 1 amide bonds. The second kappa shape index (κ2) is 10.4. The topological polar surface area (TPSA) is 130 Å². The molecule has 3 aromatic rings. The molecule has 0 aliphatic heterocycles. The van der Waals surface area contributed by atoms with E-state index in [1.165, 1.54) is 30.3 Å². The van der Waals surface area contributed by atoms with E-state index in [9.17, 15) is 18.0 Å². The number of sulfonamides is 1. The standard InChI is InChI=1S/C23H26N4O5S/c1-4-15(2)27-33(30,31)20-10-8-19(9-11-20)32-14-22(29)25-18-7-5-6-17(13-18)23-24-16(3)12-21(28)26-23/h5-13,15,27H,4,14H2,1-3H3,(H,25,29)(H,24,26,28). The number of amides is 1. The van der Waals surface area contributed by atoms with Gasteiger partial charge in [0.1, 0.15) is 11.6 Å². The average Bonchev–Trinajstić information content (AvgIpc) is 2.77. The maximum atomic E-state index is 12.3. The number of benzene rings is 2. The fourth-order valence-corrected chi connectivity index (χ4v) is 4.26. The number of carbonyl (C=O) groups excluding carboxylic acids is 1. The number of aryl methyl sites for hydroxylation is 1. The summed E-state index contributed by atoms with van der Waals surface area (Å²) >= 11 is 0. The molecule has 1 heterocycles. The lowest BCUT2D eigenvalue weighted by atomic mass is 10.2. The molecule has 3 N–H and O–H groups in total. The van der Waals surface area contributed by atoms with Crippen LogP contribution in [0.1, 0.15) is 26.0 Å². The molecule has 33 heavy (non-hydrogen) atoms. The van der Waals surface area contributed by atoms with Crippen LogP contribution in [-0.4, -0.2) is 36.9 Å². The number of H-pyrrole nitrogens is 1. The second-order valence-electron chi connectivity index (χ2n) is 7.56. The summed E-state index contributed by atoms with van der Waals surface area (Å²) in [6.07, 6.45) is 0.678. The molecule has 1 unspecified atom stereocenters. The molecule has 0 aliphatic carbocycles. The van der Waals surface area contributed by atoms with Crippen molar-refractivity contribution < 1.29 is 17.9 Å². The molecule has 3 rings (SSSR count). The summed E-state index contributed by atoms with van der Waals surface area (Å²) < 4.78 is 32.7. The summed E-state index contributed by atoms with van der Waals surface area (Å²) in [7, 11) is -3.60. The number of aromatic amines is 1. The molecule has 0 saturated heterocycles. The minimum atomic E-state index is -3.60.